The quantitative estimate of drug-likeness (QED) is 0.400. The fourth-order valence-electron chi connectivity index (χ4n) is 3.56. The van der Waals surface area contributed by atoms with Crippen LogP contribution in [0.5, 0.6) is 0 Å². The Labute approximate surface area is 205 Å². The molecule has 2 N–H and O–H groups in total. The summed E-state index contributed by atoms with van der Waals surface area (Å²) in [7, 11) is 3.44. The van der Waals surface area contributed by atoms with Crippen LogP contribution in [-0.2, 0) is 20.6 Å². The van der Waals surface area contributed by atoms with Gasteiger partial charge in [0.1, 0.15) is 5.69 Å². The molecule has 0 unspecified atom stereocenters. The van der Waals surface area contributed by atoms with Crippen molar-refractivity contribution in [3.8, 4) is 0 Å². The van der Waals surface area contributed by atoms with Crippen LogP contribution < -0.4 is 10.6 Å². The normalized spacial score (nSPS) is 11.0. The lowest BCUT2D eigenvalue weighted by atomic mass is 10.1. The number of hydrogen-bond acceptors (Lipinski definition) is 5. The SMILES string of the molecule is Cc1nn(Cc2ccc(C(=O)Nc3cnn(C)c3C(=O)Nc3cnn(C)c3C)cc2)c(C)c1Br. The van der Waals surface area contributed by atoms with E-state index in [0.29, 0.717) is 23.5 Å². The second-order valence-corrected chi connectivity index (χ2v) is 8.84. The highest BCUT2D eigenvalue weighted by atomic mass is 79.9. The molecule has 0 aliphatic heterocycles. The molecule has 0 aliphatic rings. The van der Waals surface area contributed by atoms with Crippen molar-refractivity contribution in [3.63, 3.8) is 0 Å². The van der Waals surface area contributed by atoms with Gasteiger partial charge >= 0.3 is 0 Å². The average Bonchev–Trinajstić information content (AvgIpc) is 3.41. The van der Waals surface area contributed by atoms with Gasteiger partial charge in [-0.05, 0) is 54.4 Å². The first kappa shape index (κ1) is 23.4. The number of hydrogen-bond donors (Lipinski definition) is 2. The second kappa shape index (κ2) is 9.26. The number of nitrogens with one attached hydrogen (secondary N) is 2. The van der Waals surface area contributed by atoms with Crippen LogP contribution in [0.3, 0.4) is 0 Å². The Kier molecular flexibility index (Phi) is 6.38. The van der Waals surface area contributed by atoms with Crippen molar-refractivity contribution in [2.75, 3.05) is 10.6 Å². The first-order valence-electron chi connectivity index (χ1n) is 10.6. The molecule has 34 heavy (non-hydrogen) atoms. The van der Waals surface area contributed by atoms with E-state index in [9.17, 15) is 9.59 Å². The van der Waals surface area contributed by atoms with Gasteiger partial charge in [0.2, 0.25) is 0 Å². The van der Waals surface area contributed by atoms with E-state index < -0.39 is 5.91 Å². The van der Waals surface area contributed by atoms with E-state index in [1.54, 1.807) is 37.1 Å². The average molecular weight is 525 g/mol. The molecular formula is C23H25BrN8O2. The van der Waals surface area contributed by atoms with Crippen LogP contribution in [0, 0.1) is 20.8 Å². The van der Waals surface area contributed by atoms with Crippen LogP contribution in [0.25, 0.3) is 0 Å². The molecule has 3 aromatic heterocycles. The van der Waals surface area contributed by atoms with Crippen LogP contribution in [0.15, 0.2) is 41.1 Å². The molecule has 3 heterocycles. The van der Waals surface area contributed by atoms with Gasteiger partial charge in [0.05, 0.1) is 51.9 Å². The number of halogens is 1. The topological polar surface area (TPSA) is 112 Å². The van der Waals surface area contributed by atoms with E-state index in [1.807, 2.05) is 37.6 Å². The molecule has 0 spiro atoms. The summed E-state index contributed by atoms with van der Waals surface area (Å²) in [6.45, 7) is 6.40. The van der Waals surface area contributed by atoms with Crippen LogP contribution in [0.2, 0.25) is 0 Å². The predicted molar refractivity (Wildman–Crippen MR) is 132 cm³/mol. The first-order valence-corrected chi connectivity index (χ1v) is 11.4. The van der Waals surface area contributed by atoms with Gasteiger partial charge in [-0.15, -0.1) is 0 Å². The molecule has 4 aromatic rings. The fraction of sp³-hybridized carbons (Fsp3) is 0.261. The maximum atomic E-state index is 12.9. The number of rotatable bonds is 6. The minimum Gasteiger partial charge on any atom is -0.319 e. The Balaban J connectivity index is 1.47. The zero-order chi connectivity index (χ0) is 24.6. The van der Waals surface area contributed by atoms with Crippen molar-refractivity contribution in [1.82, 2.24) is 29.3 Å². The summed E-state index contributed by atoms with van der Waals surface area (Å²) >= 11 is 3.54. The zero-order valence-corrected chi connectivity index (χ0v) is 21.1. The second-order valence-electron chi connectivity index (χ2n) is 8.05. The Morgan fingerprint density at radius 3 is 2.09 bits per heavy atom. The molecular weight excluding hydrogens is 500 g/mol. The van der Waals surface area contributed by atoms with Gasteiger partial charge in [0.15, 0.2) is 0 Å². The third-order valence-electron chi connectivity index (χ3n) is 5.73. The van der Waals surface area contributed by atoms with Crippen molar-refractivity contribution >= 4 is 39.1 Å². The van der Waals surface area contributed by atoms with Crippen molar-refractivity contribution < 1.29 is 9.59 Å². The molecule has 4 rings (SSSR count). The lowest BCUT2D eigenvalue weighted by Crippen LogP contribution is -2.20. The van der Waals surface area contributed by atoms with E-state index in [2.05, 4.69) is 41.9 Å². The maximum Gasteiger partial charge on any atom is 0.276 e. The highest BCUT2D eigenvalue weighted by Gasteiger charge is 2.21. The van der Waals surface area contributed by atoms with Crippen LogP contribution in [0.1, 0.15) is 43.5 Å². The smallest absolute Gasteiger partial charge is 0.276 e. The zero-order valence-electron chi connectivity index (χ0n) is 19.5. The molecule has 0 saturated heterocycles. The number of aryl methyl sites for hydroxylation is 3. The summed E-state index contributed by atoms with van der Waals surface area (Å²) in [5, 5.41) is 18.4. The fourth-order valence-corrected chi connectivity index (χ4v) is 3.84. The maximum absolute atomic E-state index is 12.9. The highest BCUT2D eigenvalue weighted by Crippen LogP contribution is 2.22. The van der Waals surface area contributed by atoms with Gasteiger partial charge in [-0.1, -0.05) is 12.1 Å². The van der Waals surface area contributed by atoms with E-state index in [0.717, 1.165) is 27.1 Å². The molecule has 11 heteroatoms. The molecule has 0 saturated carbocycles. The van der Waals surface area contributed by atoms with Crippen molar-refractivity contribution in [2.24, 2.45) is 14.1 Å². The van der Waals surface area contributed by atoms with E-state index in [-0.39, 0.29) is 11.6 Å². The summed E-state index contributed by atoms with van der Waals surface area (Å²) < 4.78 is 6.00. The third kappa shape index (κ3) is 4.51. The standard InChI is InChI=1S/C23H25BrN8O2/c1-13-20(24)15(3)32(29-13)12-16-6-8-17(9-7-16)22(33)28-19-11-26-31(5)21(19)23(34)27-18-10-25-30(4)14(18)2/h6-11H,12H2,1-5H3,(H,27,34)(H,28,33). The predicted octanol–water partition coefficient (Wildman–Crippen LogP) is 3.59. The van der Waals surface area contributed by atoms with Gasteiger partial charge in [-0.2, -0.15) is 15.3 Å². The summed E-state index contributed by atoms with van der Waals surface area (Å²) in [6, 6.07) is 7.28. The van der Waals surface area contributed by atoms with Gasteiger partial charge in [0.25, 0.3) is 11.8 Å². The minimum absolute atomic E-state index is 0.239. The Bertz CT molecular complexity index is 1380. The summed E-state index contributed by atoms with van der Waals surface area (Å²) in [6.07, 6.45) is 3.03. The third-order valence-corrected chi connectivity index (χ3v) is 6.87. The highest BCUT2D eigenvalue weighted by molar-refractivity contribution is 9.10. The van der Waals surface area contributed by atoms with Gasteiger partial charge in [-0.25, -0.2) is 0 Å². The molecule has 0 bridgehead atoms. The van der Waals surface area contributed by atoms with Crippen molar-refractivity contribution in [1.29, 1.82) is 0 Å². The Morgan fingerprint density at radius 2 is 1.50 bits per heavy atom. The monoisotopic (exact) mass is 524 g/mol. The molecule has 2 amide bonds. The molecule has 0 radical (unpaired) electrons. The van der Waals surface area contributed by atoms with Gasteiger partial charge in [0, 0.05) is 19.7 Å². The number of nitrogens with zero attached hydrogens (tertiary/aromatic N) is 6. The van der Waals surface area contributed by atoms with Gasteiger partial charge < -0.3 is 10.6 Å². The van der Waals surface area contributed by atoms with Crippen LogP contribution in [-0.4, -0.2) is 41.2 Å². The number of anilines is 2. The van der Waals surface area contributed by atoms with Crippen molar-refractivity contribution in [3.05, 3.63) is 75.0 Å². The molecule has 0 atom stereocenters. The summed E-state index contributed by atoms with van der Waals surface area (Å²) in [5.74, 6) is -0.724. The van der Waals surface area contributed by atoms with Crippen LogP contribution >= 0.6 is 15.9 Å². The Morgan fingerprint density at radius 1 is 0.882 bits per heavy atom. The molecule has 0 fully saturated rings. The molecule has 10 nitrogen and oxygen atoms in total. The van der Waals surface area contributed by atoms with E-state index in [4.69, 9.17) is 0 Å². The Hall–Kier alpha value is -3.73. The van der Waals surface area contributed by atoms with E-state index >= 15 is 0 Å². The van der Waals surface area contributed by atoms with Gasteiger partial charge in [-0.3, -0.25) is 23.6 Å². The number of carbonyl (C=O) groups is 2. The lowest BCUT2D eigenvalue weighted by Gasteiger charge is -2.09. The summed E-state index contributed by atoms with van der Waals surface area (Å²) in [5.41, 5.74) is 5.43. The minimum atomic E-state index is -0.391. The largest absolute Gasteiger partial charge is 0.319 e. The van der Waals surface area contributed by atoms with Crippen LogP contribution in [0.4, 0.5) is 11.4 Å². The lowest BCUT2D eigenvalue weighted by molar-refractivity contribution is 0.101. The number of benzene rings is 1. The number of amides is 2. The van der Waals surface area contributed by atoms with Crippen molar-refractivity contribution in [2.45, 2.75) is 27.3 Å². The molecule has 1 aromatic carbocycles. The van der Waals surface area contributed by atoms with E-state index in [1.165, 1.54) is 10.9 Å². The number of carbonyl (C=O) groups excluding carboxylic acids is 2. The number of aromatic nitrogens is 6. The summed E-state index contributed by atoms with van der Waals surface area (Å²) in [4.78, 5) is 25.8. The first-order chi connectivity index (χ1) is 16.2. The molecule has 0 aliphatic carbocycles. The molecule has 176 valence electrons.